The number of carbonyl (C=O) groups excluding carboxylic acids is 1. The molecule has 3 rings (SSSR count). The van der Waals surface area contributed by atoms with Gasteiger partial charge in [-0.25, -0.2) is 4.79 Å². The van der Waals surface area contributed by atoms with Crippen molar-refractivity contribution >= 4 is 23.3 Å². The molecule has 2 amide bonds. The molecule has 0 fully saturated rings. The molecule has 0 aromatic heterocycles. The largest absolute Gasteiger partial charge is 0.383 e. The quantitative estimate of drug-likeness (QED) is 0.846. The van der Waals surface area contributed by atoms with Crippen LogP contribution < -0.4 is 10.6 Å². The summed E-state index contributed by atoms with van der Waals surface area (Å²) in [5, 5.41) is 6.78. The van der Waals surface area contributed by atoms with Crippen LogP contribution in [-0.2, 0) is 0 Å². The third-order valence-electron chi connectivity index (χ3n) is 3.88. The van der Waals surface area contributed by atoms with Gasteiger partial charge >= 0.3 is 6.03 Å². The minimum absolute atomic E-state index is 0.0940. The van der Waals surface area contributed by atoms with Crippen LogP contribution in [0.15, 0.2) is 48.5 Å². The van der Waals surface area contributed by atoms with Gasteiger partial charge in [-0.3, -0.25) is 0 Å². The number of urea groups is 1. The number of hydrogen-bond donors (Lipinski definition) is 2. The van der Waals surface area contributed by atoms with Gasteiger partial charge in [0.1, 0.15) is 0 Å². The molecular weight excluding hydrogens is 298 g/mol. The first-order valence-corrected chi connectivity index (χ1v) is 7.65. The van der Waals surface area contributed by atoms with Crippen molar-refractivity contribution < 1.29 is 4.79 Å². The van der Waals surface area contributed by atoms with Gasteiger partial charge in [0.15, 0.2) is 0 Å². The van der Waals surface area contributed by atoms with Gasteiger partial charge in [-0.2, -0.15) is 0 Å². The highest BCUT2D eigenvalue weighted by Crippen LogP contribution is 2.36. The summed E-state index contributed by atoms with van der Waals surface area (Å²) < 4.78 is 0. The Bertz CT molecular complexity index is 675. The number of halogens is 1. The Morgan fingerprint density at radius 2 is 2.05 bits per heavy atom. The Morgan fingerprint density at radius 3 is 2.77 bits per heavy atom. The van der Waals surface area contributed by atoms with Gasteiger partial charge in [-0.1, -0.05) is 41.9 Å². The van der Waals surface area contributed by atoms with Crippen LogP contribution in [0.5, 0.6) is 0 Å². The fourth-order valence-corrected chi connectivity index (χ4v) is 3.07. The van der Waals surface area contributed by atoms with Crippen LogP contribution in [0.1, 0.15) is 17.2 Å². The molecule has 1 aliphatic rings. The minimum atomic E-state index is -0.162. The Balaban J connectivity index is 2.16. The smallest absolute Gasteiger partial charge is 0.317 e. The summed E-state index contributed by atoms with van der Waals surface area (Å²) in [4.78, 5) is 14.2. The van der Waals surface area contributed by atoms with Crippen molar-refractivity contribution in [3.63, 3.8) is 0 Å². The molecule has 1 atom stereocenters. The van der Waals surface area contributed by atoms with E-state index in [4.69, 9.17) is 11.6 Å². The summed E-state index contributed by atoms with van der Waals surface area (Å²) in [6.07, 6.45) is 0. The number of nitrogens with one attached hydrogen (secondary N) is 2. The number of hydrogen-bond acceptors (Lipinski definition) is 2. The summed E-state index contributed by atoms with van der Waals surface area (Å²) in [5.74, 6) is 0. The van der Waals surface area contributed by atoms with E-state index in [2.05, 4.69) is 10.6 Å². The molecule has 5 heteroatoms. The van der Waals surface area contributed by atoms with E-state index in [-0.39, 0.29) is 12.1 Å². The van der Waals surface area contributed by atoms with Crippen LogP contribution >= 0.6 is 11.6 Å². The molecule has 0 bridgehead atoms. The maximum Gasteiger partial charge on any atom is 0.317 e. The van der Waals surface area contributed by atoms with Crippen molar-refractivity contribution in [2.75, 3.05) is 25.5 Å². The lowest BCUT2D eigenvalue weighted by Gasteiger charge is -2.30. The fraction of sp³-hybridized carbons (Fsp3) is 0.235. The molecular formula is C17H18ClN3O. The van der Waals surface area contributed by atoms with Gasteiger partial charge in [0.2, 0.25) is 0 Å². The molecule has 0 spiro atoms. The molecule has 0 saturated heterocycles. The lowest BCUT2D eigenvalue weighted by Crippen LogP contribution is -2.42. The number of fused-ring (bicyclic) bond motifs is 1. The van der Waals surface area contributed by atoms with Crippen molar-refractivity contribution in [2.24, 2.45) is 0 Å². The minimum Gasteiger partial charge on any atom is -0.383 e. The molecule has 114 valence electrons. The molecule has 0 radical (unpaired) electrons. The Labute approximate surface area is 135 Å². The molecule has 22 heavy (non-hydrogen) atoms. The fourth-order valence-electron chi connectivity index (χ4n) is 2.89. The summed E-state index contributed by atoms with van der Waals surface area (Å²) in [6.45, 7) is 1.32. The number of benzene rings is 2. The first kappa shape index (κ1) is 14.7. The molecule has 0 aliphatic carbocycles. The SMILES string of the molecule is CNC(=O)N1CCNc2ccc(Cl)cc2C1c1ccccc1. The van der Waals surface area contributed by atoms with Crippen LogP contribution in [0.3, 0.4) is 0 Å². The molecule has 0 saturated carbocycles. The zero-order valence-electron chi connectivity index (χ0n) is 12.3. The predicted octanol–water partition coefficient (Wildman–Crippen LogP) is 3.50. The zero-order chi connectivity index (χ0) is 15.5. The van der Waals surface area contributed by atoms with Gasteiger partial charge in [0, 0.05) is 36.4 Å². The van der Waals surface area contributed by atoms with E-state index in [1.54, 1.807) is 7.05 Å². The zero-order valence-corrected chi connectivity index (χ0v) is 13.1. The number of anilines is 1. The second-order valence-electron chi connectivity index (χ2n) is 5.22. The predicted molar refractivity (Wildman–Crippen MR) is 89.4 cm³/mol. The van der Waals surface area contributed by atoms with Gasteiger partial charge in [-0.05, 0) is 23.8 Å². The average molecular weight is 316 g/mol. The highest BCUT2D eigenvalue weighted by Gasteiger charge is 2.30. The van der Waals surface area contributed by atoms with E-state index in [9.17, 15) is 4.79 Å². The van der Waals surface area contributed by atoms with Crippen LogP contribution in [-0.4, -0.2) is 31.1 Å². The normalized spacial score (nSPS) is 17.2. The molecule has 2 aromatic carbocycles. The van der Waals surface area contributed by atoms with E-state index in [1.807, 2.05) is 53.4 Å². The lowest BCUT2D eigenvalue weighted by molar-refractivity contribution is 0.190. The highest BCUT2D eigenvalue weighted by molar-refractivity contribution is 6.30. The molecule has 1 heterocycles. The maximum atomic E-state index is 12.4. The Morgan fingerprint density at radius 1 is 1.27 bits per heavy atom. The molecule has 4 nitrogen and oxygen atoms in total. The van der Waals surface area contributed by atoms with Gasteiger partial charge in [0.25, 0.3) is 0 Å². The molecule has 1 unspecified atom stereocenters. The topological polar surface area (TPSA) is 44.4 Å². The molecule has 2 aromatic rings. The van der Waals surface area contributed by atoms with Crippen molar-refractivity contribution in [1.29, 1.82) is 0 Å². The van der Waals surface area contributed by atoms with Crippen molar-refractivity contribution in [3.8, 4) is 0 Å². The third kappa shape index (κ3) is 2.74. The first-order chi connectivity index (χ1) is 10.7. The Kier molecular flexibility index (Phi) is 4.20. The van der Waals surface area contributed by atoms with E-state index in [1.165, 1.54) is 0 Å². The first-order valence-electron chi connectivity index (χ1n) is 7.27. The summed E-state index contributed by atoms with van der Waals surface area (Å²) in [7, 11) is 1.65. The van der Waals surface area contributed by atoms with E-state index < -0.39 is 0 Å². The number of carbonyl (C=O) groups is 1. The van der Waals surface area contributed by atoms with Gasteiger partial charge in [0.05, 0.1) is 6.04 Å². The van der Waals surface area contributed by atoms with Crippen LogP contribution in [0.2, 0.25) is 5.02 Å². The van der Waals surface area contributed by atoms with Gasteiger partial charge in [-0.15, -0.1) is 0 Å². The second kappa shape index (κ2) is 6.28. The number of amides is 2. The van der Waals surface area contributed by atoms with E-state index >= 15 is 0 Å². The molecule has 1 aliphatic heterocycles. The maximum absolute atomic E-state index is 12.4. The second-order valence-corrected chi connectivity index (χ2v) is 5.66. The third-order valence-corrected chi connectivity index (χ3v) is 4.11. The summed E-state index contributed by atoms with van der Waals surface area (Å²) in [5.41, 5.74) is 3.10. The summed E-state index contributed by atoms with van der Waals surface area (Å²) in [6, 6.07) is 15.5. The van der Waals surface area contributed by atoms with Crippen molar-refractivity contribution in [1.82, 2.24) is 10.2 Å². The van der Waals surface area contributed by atoms with Crippen LogP contribution in [0, 0.1) is 0 Å². The monoisotopic (exact) mass is 315 g/mol. The van der Waals surface area contributed by atoms with Gasteiger partial charge < -0.3 is 15.5 Å². The van der Waals surface area contributed by atoms with Crippen molar-refractivity contribution in [2.45, 2.75) is 6.04 Å². The lowest BCUT2D eigenvalue weighted by atomic mass is 9.96. The van der Waals surface area contributed by atoms with Crippen LogP contribution in [0.4, 0.5) is 10.5 Å². The summed E-state index contributed by atoms with van der Waals surface area (Å²) >= 11 is 6.20. The number of rotatable bonds is 1. The molecule has 2 N–H and O–H groups in total. The standard InChI is InChI=1S/C17H18ClN3O/c1-19-17(22)21-10-9-20-15-8-7-13(18)11-14(15)16(21)12-5-3-2-4-6-12/h2-8,11,16,20H,9-10H2,1H3,(H,19,22). The van der Waals surface area contributed by atoms with Crippen molar-refractivity contribution in [3.05, 3.63) is 64.7 Å². The van der Waals surface area contributed by atoms with E-state index in [0.717, 1.165) is 16.8 Å². The number of nitrogens with zero attached hydrogens (tertiary/aromatic N) is 1. The van der Waals surface area contributed by atoms with E-state index in [0.29, 0.717) is 18.1 Å². The average Bonchev–Trinajstić information content (AvgIpc) is 2.74. The highest BCUT2D eigenvalue weighted by atomic mass is 35.5. The Hall–Kier alpha value is -2.20. The van der Waals surface area contributed by atoms with Crippen LogP contribution in [0.25, 0.3) is 0 Å².